The first-order valence-corrected chi connectivity index (χ1v) is 6.91. The maximum atomic E-state index is 11.9. The zero-order chi connectivity index (χ0) is 14.5. The first-order valence-electron chi connectivity index (χ1n) is 5.83. The molecule has 20 heavy (non-hydrogen) atoms. The van der Waals surface area contributed by atoms with Crippen LogP contribution in [0.2, 0.25) is 0 Å². The van der Waals surface area contributed by atoms with Gasteiger partial charge in [-0.1, -0.05) is 0 Å². The Balaban J connectivity index is 2.01. The van der Waals surface area contributed by atoms with Gasteiger partial charge < -0.3 is 9.15 Å². The van der Waals surface area contributed by atoms with Crippen molar-refractivity contribution in [2.75, 3.05) is 7.11 Å². The summed E-state index contributed by atoms with van der Waals surface area (Å²) in [5.74, 6) is 1.83. The maximum absolute atomic E-state index is 11.9. The molecular formula is C14H13IN2O3. The molecule has 0 saturated heterocycles. The van der Waals surface area contributed by atoms with E-state index in [1.165, 1.54) is 6.21 Å². The Morgan fingerprint density at radius 2 is 2.20 bits per heavy atom. The second-order valence-corrected chi connectivity index (χ2v) is 5.16. The molecule has 5 nitrogen and oxygen atoms in total. The van der Waals surface area contributed by atoms with E-state index >= 15 is 0 Å². The molecule has 0 saturated carbocycles. The van der Waals surface area contributed by atoms with Gasteiger partial charge in [0.05, 0.1) is 16.9 Å². The highest BCUT2D eigenvalue weighted by molar-refractivity contribution is 14.1. The second kappa shape index (κ2) is 6.56. The van der Waals surface area contributed by atoms with Crippen molar-refractivity contribution in [3.05, 3.63) is 51.0 Å². The number of methoxy groups -OCH3 is 1. The van der Waals surface area contributed by atoms with Gasteiger partial charge in [-0.2, -0.15) is 5.10 Å². The number of nitrogens with one attached hydrogen (secondary N) is 1. The molecule has 2 aromatic rings. The summed E-state index contributed by atoms with van der Waals surface area (Å²) in [5.41, 5.74) is 2.96. The van der Waals surface area contributed by atoms with Crippen molar-refractivity contribution in [2.24, 2.45) is 5.10 Å². The van der Waals surface area contributed by atoms with Crippen molar-refractivity contribution >= 4 is 34.7 Å². The van der Waals surface area contributed by atoms with Gasteiger partial charge in [-0.15, -0.1) is 0 Å². The molecule has 0 fully saturated rings. The summed E-state index contributed by atoms with van der Waals surface area (Å²) >= 11 is 2.11. The summed E-state index contributed by atoms with van der Waals surface area (Å²) in [6.45, 7) is 1.84. The fourth-order valence-corrected chi connectivity index (χ4v) is 2.28. The average molecular weight is 384 g/mol. The van der Waals surface area contributed by atoms with E-state index in [1.54, 1.807) is 31.4 Å². The van der Waals surface area contributed by atoms with Crippen LogP contribution in [0, 0.1) is 10.5 Å². The third-order valence-corrected chi connectivity index (χ3v) is 3.38. The molecule has 0 bridgehead atoms. The molecule has 1 heterocycles. The Morgan fingerprint density at radius 1 is 1.40 bits per heavy atom. The summed E-state index contributed by atoms with van der Waals surface area (Å²) in [5, 5.41) is 3.85. The molecule has 1 aromatic carbocycles. The van der Waals surface area contributed by atoms with Crippen LogP contribution >= 0.6 is 22.6 Å². The van der Waals surface area contributed by atoms with Crippen molar-refractivity contribution in [1.82, 2.24) is 5.43 Å². The van der Waals surface area contributed by atoms with Crippen LogP contribution in [-0.4, -0.2) is 19.2 Å². The number of amides is 1. The van der Waals surface area contributed by atoms with Crippen molar-refractivity contribution in [3.63, 3.8) is 0 Å². The van der Waals surface area contributed by atoms with Crippen molar-refractivity contribution in [2.45, 2.75) is 6.92 Å². The highest BCUT2D eigenvalue weighted by Crippen LogP contribution is 2.21. The number of furan rings is 1. The van der Waals surface area contributed by atoms with Crippen LogP contribution < -0.4 is 10.2 Å². The van der Waals surface area contributed by atoms with Gasteiger partial charge in [0.25, 0.3) is 5.91 Å². The largest absolute Gasteiger partial charge is 0.496 e. The van der Waals surface area contributed by atoms with Crippen molar-refractivity contribution < 1.29 is 13.9 Å². The highest BCUT2D eigenvalue weighted by atomic mass is 127. The van der Waals surface area contributed by atoms with Gasteiger partial charge in [0, 0.05) is 5.56 Å². The van der Waals surface area contributed by atoms with Crippen LogP contribution in [0.15, 0.2) is 39.9 Å². The molecule has 0 unspecified atom stereocenters. The van der Waals surface area contributed by atoms with E-state index in [2.05, 4.69) is 33.1 Å². The van der Waals surface area contributed by atoms with E-state index in [-0.39, 0.29) is 5.91 Å². The fourth-order valence-electron chi connectivity index (χ4n) is 1.55. The normalized spacial score (nSPS) is 10.8. The monoisotopic (exact) mass is 384 g/mol. The summed E-state index contributed by atoms with van der Waals surface area (Å²) in [6.07, 6.45) is 1.46. The summed E-state index contributed by atoms with van der Waals surface area (Å²) < 4.78 is 11.3. The van der Waals surface area contributed by atoms with Crippen LogP contribution in [0.3, 0.4) is 0 Å². The molecule has 1 amide bonds. The van der Waals surface area contributed by atoms with Crippen molar-refractivity contribution in [1.29, 1.82) is 0 Å². The predicted molar refractivity (Wildman–Crippen MR) is 84.2 cm³/mol. The average Bonchev–Trinajstić information content (AvgIpc) is 2.84. The van der Waals surface area contributed by atoms with Gasteiger partial charge in [0.15, 0.2) is 0 Å². The number of hydrogen-bond acceptors (Lipinski definition) is 4. The number of halogens is 1. The number of nitrogens with zero attached hydrogens (tertiary/aromatic N) is 1. The summed E-state index contributed by atoms with van der Waals surface area (Å²) in [6, 6.07) is 8.77. The van der Waals surface area contributed by atoms with E-state index in [0.717, 1.165) is 15.1 Å². The van der Waals surface area contributed by atoms with Gasteiger partial charge in [-0.3, -0.25) is 4.79 Å². The first kappa shape index (κ1) is 14.6. The van der Waals surface area contributed by atoms with E-state index in [0.29, 0.717) is 11.3 Å². The predicted octanol–water partition coefficient (Wildman–Crippen LogP) is 2.97. The van der Waals surface area contributed by atoms with Crippen LogP contribution in [-0.2, 0) is 0 Å². The maximum Gasteiger partial charge on any atom is 0.271 e. The summed E-state index contributed by atoms with van der Waals surface area (Å²) in [7, 11) is 1.59. The lowest BCUT2D eigenvalue weighted by Gasteiger charge is -2.05. The number of aryl methyl sites for hydroxylation is 1. The van der Waals surface area contributed by atoms with Crippen molar-refractivity contribution in [3.8, 4) is 5.75 Å². The molecule has 0 aliphatic carbocycles. The Kier molecular flexibility index (Phi) is 4.78. The molecule has 1 aromatic heterocycles. The smallest absolute Gasteiger partial charge is 0.271 e. The minimum absolute atomic E-state index is 0.287. The lowest BCUT2D eigenvalue weighted by molar-refractivity contribution is 0.0955. The Labute approximate surface area is 130 Å². The van der Waals surface area contributed by atoms with E-state index in [9.17, 15) is 4.79 Å². The van der Waals surface area contributed by atoms with Gasteiger partial charge >= 0.3 is 0 Å². The third-order valence-electron chi connectivity index (χ3n) is 2.53. The third kappa shape index (κ3) is 3.60. The molecule has 0 atom stereocenters. The molecular weight excluding hydrogens is 371 g/mol. The van der Waals surface area contributed by atoms with Gasteiger partial charge in [-0.25, -0.2) is 5.43 Å². The number of rotatable bonds is 4. The van der Waals surface area contributed by atoms with Gasteiger partial charge in [0.2, 0.25) is 0 Å². The molecule has 0 spiro atoms. The van der Waals surface area contributed by atoms with E-state index < -0.39 is 0 Å². The highest BCUT2D eigenvalue weighted by Gasteiger charge is 2.07. The van der Waals surface area contributed by atoms with Gasteiger partial charge in [0.1, 0.15) is 17.3 Å². The molecule has 6 heteroatoms. The quantitative estimate of drug-likeness (QED) is 0.501. The SMILES string of the molecule is COc1ccc(C(=O)NN=Cc2ccc(C)o2)cc1I. The van der Waals surface area contributed by atoms with Crippen LogP contribution in [0.4, 0.5) is 0 Å². The number of ether oxygens (including phenoxy) is 1. The number of carbonyl (C=O) groups excluding carboxylic acids is 1. The fraction of sp³-hybridized carbons (Fsp3) is 0.143. The number of hydrazone groups is 1. The molecule has 1 N–H and O–H groups in total. The van der Waals surface area contributed by atoms with E-state index in [1.807, 2.05) is 13.0 Å². The molecule has 2 rings (SSSR count). The van der Waals surface area contributed by atoms with Crippen LogP contribution in [0.1, 0.15) is 21.9 Å². The topological polar surface area (TPSA) is 63.8 Å². The van der Waals surface area contributed by atoms with Gasteiger partial charge in [-0.05, 0) is 59.8 Å². The number of carbonyl (C=O) groups is 1. The van der Waals surface area contributed by atoms with Crippen LogP contribution in [0.25, 0.3) is 0 Å². The Bertz CT molecular complexity index is 650. The van der Waals surface area contributed by atoms with Crippen LogP contribution in [0.5, 0.6) is 5.75 Å². The number of hydrogen-bond donors (Lipinski definition) is 1. The zero-order valence-corrected chi connectivity index (χ0v) is 13.2. The lowest BCUT2D eigenvalue weighted by atomic mass is 10.2. The lowest BCUT2D eigenvalue weighted by Crippen LogP contribution is -2.17. The summed E-state index contributed by atoms with van der Waals surface area (Å²) in [4.78, 5) is 11.9. The first-order chi connectivity index (χ1) is 9.60. The standard InChI is InChI=1S/C14H13IN2O3/c1-9-3-5-11(20-9)8-16-17-14(18)10-4-6-13(19-2)12(15)7-10/h3-8H,1-2H3,(H,17,18). The zero-order valence-electron chi connectivity index (χ0n) is 11.0. The van der Waals surface area contributed by atoms with E-state index in [4.69, 9.17) is 9.15 Å². The minimum Gasteiger partial charge on any atom is -0.496 e. The number of benzene rings is 1. The minimum atomic E-state index is -0.287. The Hall–Kier alpha value is -1.83. The molecule has 0 radical (unpaired) electrons. The molecule has 0 aliphatic heterocycles. The molecule has 104 valence electrons. The molecule has 0 aliphatic rings. The second-order valence-electron chi connectivity index (χ2n) is 4.00. The Morgan fingerprint density at radius 3 is 2.80 bits per heavy atom.